The first-order chi connectivity index (χ1) is 10.1. The normalized spacial score (nSPS) is 20.8. The van der Waals surface area contributed by atoms with E-state index >= 15 is 0 Å². The van der Waals surface area contributed by atoms with Gasteiger partial charge in [-0.25, -0.2) is 8.42 Å². The van der Waals surface area contributed by atoms with Gasteiger partial charge in [0, 0.05) is 6.26 Å². The summed E-state index contributed by atoms with van der Waals surface area (Å²) in [5.41, 5.74) is 1.12. The summed E-state index contributed by atoms with van der Waals surface area (Å²) in [6.07, 6.45) is 0.692. The Labute approximate surface area is 130 Å². The fraction of sp³-hybridized carbons (Fsp3) is 0.533. The van der Waals surface area contributed by atoms with Crippen LogP contribution in [-0.4, -0.2) is 40.1 Å². The number of ether oxygens (including phenoxy) is 3. The van der Waals surface area contributed by atoms with E-state index in [0.717, 1.165) is 6.26 Å². The van der Waals surface area contributed by atoms with E-state index in [0.29, 0.717) is 17.7 Å². The van der Waals surface area contributed by atoms with Crippen LogP contribution in [0.15, 0.2) is 23.1 Å². The van der Waals surface area contributed by atoms with Gasteiger partial charge in [0.1, 0.15) is 6.10 Å². The Balaban J connectivity index is 2.38. The van der Waals surface area contributed by atoms with Crippen molar-refractivity contribution in [1.82, 2.24) is 0 Å². The van der Waals surface area contributed by atoms with E-state index in [4.69, 9.17) is 9.47 Å². The van der Waals surface area contributed by atoms with Crippen molar-refractivity contribution >= 4 is 15.8 Å². The monoisotopic (exact) mass is 328 g/mol. The van der Waals surface area contributed by atoms with Gasteiger partial charge in [0.05, 0.1) is 25.0 Å². The van der Waals surface area contributed by atoms with Crippen molar-refractivity contribution in [3.05, 3.63) is 29.3 Å². The minimum absolute atomic E-state index is 0.0906. The molecule has 1 heterocycles. The van der Waals surface area contributed by atoms with E-state index in [-0.39, 0.29) is 17.4 Å². The molecule has 0 saturated carbocycles. The number of benzene rings is 1. The van der Waals surface area contributed by atoms with E-state index in [1.54, 1.807) is 32.0 Å². The molecule has 6 nitrogen and oxygen atoms in total. The molecule has 0 N–H and O–H groups in total. The maximum Gasteiger partial charge on any atom is 0.310 e. The second kappa shape index (κ2) is 5.98. The summed E-state index contributed by atoms with van der Waals surface area (Å²) in [6.45, 7) is 3.96. The van der Waals surface area contributed by atoms with Gasteiger partial charge in [-0.3, -0.25) is 4.79 Å². The molecule has 1 aliphatic heterocycles. The summed E-state index contributed by atoms with van der Waals surface area (Å²) >= 11 is 0. The van der Waals surface area contributed by atoms with Gasteiger partial charge in [-0.15, -0.1) is 0 Å². The van der Waals surface area contributed by atoms with Crippen molar-refractivity contribution in [2.45, 2.75) is 37.1 Å². The molecule has 2 rings (SSSR count). The van der Waals surface area contributed by atoms with Gasteiger partial charge in [-0.05, 0) is 31.0 Å². The minimum Gasteiger partial charge on any atom is -0.469 e. The number of rotatable bonds is 4. The van der Waals surface area contributed by atoms with Crippen LogP contribution < -0.4 is 0 Å². The van der Waals surface area contributed by atoms with Crippen LogP contribution in [0.25, 0.3) is 0 Å². The van der Waals surface area contributed by atoms with Gasteiger partial charge in [0.25, 0.3) is 0 Å². The van der Waals surface area contributed by atoms with Gasteiger partial charge in [-0.2, -0.15) is 0 Å². The summed E-state index contributed by atoms with van der Waals surface area (Å²) in [6, 6.07) is 4.92. The summed E-state index contributed by atoms with van der Waals surface area (Å²) in [4.78, 5) is 11.5. The zero-order valence-electron chi connectivity index (χ0n) is 13.1. The van der Waals surface area contributed by atoms with Gasteiger partial charge in [0.2, 0.25) is 0 Å². The largest absolute Gasteiger partial charge is 0.469 e. The Kier molecular flexibility index (Phi) is 4.60. The van der Waals surface area contributed by atoms with E-state index in [1.807, 2.05) is 0 Å². The van der Waals surface area contributed by atoms with Crippen LogP contribution in [0.2, 0.25) is 0 Å². The van der Waals surface area contributed by atoms with E-state index < -0.39 is 21.6 Å². The second-order valence-electron chi connectivity index (χ2n) is 5.71. The standard InChI is InChI=1S/C15H20O6S/c1-15(2)20-9-12(21-15)10-5-6-11(8-14(16)19-3)13(7-10)22(4,17)18/h5-7,12H,8-9H2,1-4H3. The number of methoxy groups -OCH3 is 1. The quantitative estimate of drug-likeness (QED) is 0.782. The second-order valence-corrected chi connectivity index (χ2v) is 7.69. The topological polar surface area (TPSA) is 78.9 Å². The van der Waals surface area contributed by atoms with E-state index in [2.05, 4.69) is 4.74 Å². The number of hydrogen-bond donors (Lipinski definition) is 0. The Morgan fingerprint density at radius 1 is 1.41 bits per heavy atom. The molecule has 0 amide bonds. The van der Waals surface area contributed by atoms with Crippen molar-refractivity contribution in [2.75, 3.05) is 20.0 Å². The lowest BCUT2D eigenvalue weighted by Gasteiger charge is -2.18. The molecule has 1 atom stereocenters. The SMILES string of the molecule is COC(=O)Cc1ccc(C2COC(C)(C)O2)cc1S(C)(=O)=O. The van der Waals surface area contributed by atoms with Crippen molar-refractivity contribution in [2.24, 2.45) is 0 Å². The summed E-state index contributed by atoms with van der Waals surface area (Å²) in [7, 11) is -2.21. The van der Waals surface area contributed by atoms with E-state index in [1.165, 1.54) is 7.11 Å². The van der Waals surface area contributed by atoms with Crippen molar-refractivity contribution in [1.29, 1.82) is 0 Å². The highest BCUT2D eigenvalue weighted by molar-refractivity contribution is 7.90. The molecule has 1 aromatic carbocycles. The molecule has 0 aliphatic carbocycles. The molecule has 1 fully saturated rings. The van der Waals surface area contributed by atoms with Gasteiger partial charge in [-0.1, -0.05) is 12.1 Å². The van der Waals surface area contributed by atoms with Crippen LogP contribution in [0.4, 0.5) is 0 Å². The molecule has 1 aromatic rings. The highest BCUT2D eigenvalue weighted by Gasteiger charge is 2.34. The number of esters is 1. The third-order valence-corrected chi connectivity index (χ3v) is 4.61. The first-order valence-corrected chi connectivity index (χ1v) is 8.73. The van der Waals surface area contributed by atoms with E-state index in [9.17, 15) is 13.2 Å². The Morgan fingerprint density at radius 2 is 2.09 bits per heavy atom. The maximum absolute atomic E-state index is 12.0. The van der Waals surface area contributed by atoms with Gasteiger partial charge >= 0.3 is 5.97 Å². The number of carbonyl (C=O) groups excluding carboxylic acids is 1. The molecular weight excluding hydrogens is 308 g/mol. The average Bonchev–Trinajstić information content (AvgIpc) is 2.78. The summed E-state index contributed by atoms with van der Waals surface area (Å²) in [5, 5.41) is 0. The Bertz CT molecular complexity index is 677. The average molecular weight is 328 g/mol. The van der Waals surface area contributed by atoms with Gasteiger partial charge in [0.15, 0.2) is 15.6 Å². The molecule has 0 bridgehead atoms. The Morgan fingerprint density at radius 3 is 2.59 bits per heavy atom. The molecule has 22 heavy (non-hydrogen) atoms. The summed E-state index contributed by atoms with van der Waals surface area (Å²) < 4.78 is 39.8. The van der Waals surface area contributed by atoms with Crippen LogP contribution in [0.5, 0.6) is 0 Å². The van der Waals surface area contributed by atoms with Crippen molar-refractivity contribution in [3.63, 3.8) is 0 Å². The number of sulfone groups is 1. The smallest absolute Gasteiger partial charge is 0.310 e. The third kappa shape index (κ3) is 3.85. The minimum atomic E-state index is -3.47. The predicted octanol–water partition coefficient (Wildman–Crippen LogP) is 1.63. The Hall–Kier alpha value is -1.44. The van der Waals surface area contributed by atoms with Crippen LogP contribution in [0.3, 0.4) is 0 Å². The van der Waals surface area contributed by atoms with Crippen LogP contribution in [-0.2, 0) is 35.3 Å². The van der Waals surface area contributed by atoms with Crippen LogP contribution in [0.1, 0.15) is 31.1 Å². The molecule has 1 unspecified atom stereocenters. The molecular formula is C15H20O6S. The molecule has 0 spiro atoms. The number of hydrogen-bond acceptors (Lipinski definition) is 6. The molecule has 0 radical (unpaired) electrons. The lowest BCUT2D eigenvalue weighted by atomic mass is 10.1. The zero-order chi connectivity index (χ0) is 16.5. The zero-order valence-corrected chi connectivity index (χ0v) is 13.9. The molecule has 122 valence electrons. The lowest BCUT2D eigenvalue weighted by Crippen LogP contribution is -2.19. The first-order valence-electron chi connectivity index (χ1n) is 6.84. The van der Waals surface area contributed by atoms with Crippen molar-refractivity contribution in [3.8, 4) is 0 Å². The third-order valence-electron chi connectivity index (χ3n) is 3.43. The molecule has 1 saturated heterocycles. The number of carbonyl (C=O) groups is 1. The highest BCUT2D eigenvalue weighted by Crippen LogP contribution is 2.34. The molecule has 1 aliphatic rings. The van der Waals surface area contributed by atoms with Crippen LogP contribution in [0, 0.1) is 0 Å². The van der Waals surface area contributed by atoms with Crippen LogP contribution >= 0.6 is 0 Å². The maximum atomic E-state index is 12.0. The fourth-order valence-electron chi connectivity index (χ4n) is 2.34. The highest BCUT2D eigenvalue weighted by atomic mass is 32.2. The summed E-state index contributed by atoms with van der Waals surface area (Å²) in [5.74, 6) is -1.18. The predicted molar refractivity (Wildman–Crippen MR) is 79.1 cm³/mol. The lowest BCUT2D eigenvalue weighted by molar-refractivity contribution is -0.140. The van der Waals surface area contributed by atoms with Gasteiger partial charge < -0.3 is 14.2 Å². The fourth-order valence-corrected chi connectivity index (χ4v) is 3.31. The first kappa shape index (κ1) is 16.9. The van der Waals surface area contributed by atoms with Crippen molar-refractivity contribution < 1.29 is 27.4 Å². The molecule has 0 aromatic heterocycles. The molecule has 7 heteroatoms.